The van der Waals surface area contributed by atoms with Gasteiger partial charge in [0.25, 0.3) is 0 Å². The van der Waals surface area contributed by atoms with E-state index in [0.29, 0.717) is 12.1 Å². The zero-order valence-corrected chi connectivity index (χ0v) is 9.00. The Morgan fingerprint density at radius 2 is 2.25 bits per heavy atom. The van der Waals surface area contributed by atoms with E-state index >= 15 is 0 Å². The first kappa shape index (κ1) is 10.8. The van der Waals surface area contributed by atoms with Crippen molar-refractivity contribution in [2.45, 2.75) is 6.92 Å². The number of fused-ring (bicyclic) bond motifs is 1. The van der Waals surface area contributed by atoms with Crippen LogP contribution in [-0.4, -0.2) is 23.2 Å². The normalized spacial score (nSPS) is 10.7. The second-order valence-electron chi connectivity index (χ2n) is 3.60. The number of aliphatic hydroxyl groups is 1. The van der Waals surface area contributed by atoms with Crippen molar-refractivity contribution in [3.63, 3.8) is 0 Å². The first-order valence-electron chi connectivity index (χ1n) is 5.13. The van der Waals surface area contributed by atoms with Gasteiger partial charge in [0, 0.05) is 23.3 Å². The highest BCUT2D eigenvalue weighted by Gasteiger charge is 2.06. The Morgan fingerprint density at radius 1 is 1.44 bits per heavy atom. The number of aryl methyl sites for hydroxylation is 1. The fourth-order valence-corrected chi connectivity index (χ4v) is 1.68. The first-order chi connectivity index (χ1) is 7.72. The van der Waals surface area contributed by atoms with Crippen LogP contribution >= 0.6 is 0 Å². The molecular formula is C12H13FN2O. The molecule has 2 N–H and O–H groups in total. The Kier molecular flexibility index (Phi) is 3.01. The number of hydrogen-bond acceptors (Lipinski definition) is 3. The third kappa shape index (κ3) is 1.97. The molecule has 84 valence electrons. The third-order valence-corrected chi connectivity index (χ3v) is 2.35. The van der Waals surface area contributed by atoms with Crippen LogP contribution in [0.2, 0.25) is 0 Å². The van der Waals surface area contributed by atoms with Gasteiger partial charge < -0.3 is 10.4 Å². The summed E-state index contributed by atoms with van der Waals surface area (Å²) in [6.45, 7) is 2.29. The van der Waals surface area contributed by atoms with Crippen molar-refractivity contribution in [3.8, 4) is 0 Å². The van der Waals surface area contributed by atoms with Crippen molar-refractivity contribution in [2.75, 3.05) is 18.5 Å². The summed E-state index contributed by atoms with van der Waals surface area (Å²) in [5, 5.41) is 12.6. The van der Waals surface area contributed by atoms with E-state index in [-0.39, 0.29) is 12.4 Å². The van der Waals surface area contributed by atoms with Crippen LogP contribution in [0.3, 0.4) is 0 Å². The highest BCUT2D eigenvalue weighted by Crippen LogP contribution is 2.24. The lowest BCUT2D eigenvalue weighted by molar-refractivity contribution is 0.311. The predicted octanol–water partition coefficient (Wildman–Crippen LogP) is 2.09. The van der Waals surface area contributed by atoms with Gasteiger partial charge in [-0.05, 0) is 19.1 Å². The van der Waals surface area contributed by atoms with Crippen LogP contribution in [0.15, 0.2) is 24.3 Å². The van der Waals surface area contributed by atoms with E-state index in [0.717, 1.165) is 16.8 Å². The molecule has 0 bridgehead atoms. The number of pyridine rings is 1. The van der Waals surface area contributed by atoms with E-state index < -0.39 is 0 Å². The lowest BCUT2D eigenvalue weighted by atomic mass is 10.1. The van der Waals surface area contributed by atoms with E-state index in [9.17, 15) is 4.39 Å². The molecule has 0 fully saturated rings. The van der Waals surface area contributed by atoms with E-state index in [2.05, 4.69) is 10.3 Å². The largest absolute Gasteiger partial charge is 0.395 e. The van der Waals surface area contributed by atoms with Crippen LogP contribution < -0.4 is 5.32 Å². The topological polar surface area (TPSA) is 45.1 Å². The highest BCUT2D eigenvalue weighted by atomic mass is 19.1. The molecule has 0 aliphatic rings. The summed E-state index contributed by atoms with van der Waals surface area (Å²) in [6.07, 6.45) is 0. The Hall–Kier alpha value is -1.68. The number of aliphatic hydroxyl groups excluding tert-OH is 1. The second kappa shape index (κ2) is 4.45. The molecule has 2 rings (SSSR count). The fraction of sp³-hybridized carbons (Fsp3) is 0.250. The molecule has 0 atom stereocenters. The summed E-state index contributed by atoms with van der Waals surface area (Å²) in [4.78, 5) is 4.17. The summed E-state index contributed by atoms with van der Waals surface area (Å²) in [5.74, 6) is -0.326. The number of nitrogens with one attached hydrogen (secondary N) is 1. The Labute approximate surface area is 92.9 Å². The minimum absolute atomic E-state index is 0.0399. The summed E-state index contributed by atoms with van der Waals surface area (Å²) in [7, 11) is 0. The van der Waals surface area contributed by atoms with Gasteiger partial charge in [0.2, 0.25) is 0 Å². The van der Waals surface area contributed by atoms with Crippen LogP contribution in [0.5, 0.6) is 0 Å². The number of rotatable bonds is 3. The van der Waals surface area contributed by atoms with E-state index in [1.807, 2.05) is 19.1 Å². The van der Waals surface area contributed by atoms with Crippen molar-refractivity contribution < 1.29 is 9.50 Å². The summed E-state index contributed by atoms with van der Waals surface area (Å²) in [5.41, 5.74) is 1.91. The average Bonchev–Trinajstić information content (AvgIpc) is 2.27. The van der Waals surface area contributed by atoms with Gasteiger partial charge in [-0.3, -0.25) is 0 Å². The number of hydrogen-bond donors (Lipinski definition) is 2. The monoisotopic (exact) mass is 220 g/mol. The molecule has 0 radical (unpaired) electrons. The summed E-state index contributed by atoms with van der Waals surface area (Å²) >= 11 is 0. The van der Waals surface area contributed by atoms with Crippen molar-refractivity contribution in [2.24, 2.45) is 0 Å². The number of nitrogens with zero attached hydrogens (tertiary/aromatic N) is 1. The smallest absolute Gasteiger partial charge is 0.149 e. The van der Waals surface area contributed by atoms with Gasteiger partial charge in [0.15, 0.2) is 0 Å². The lowest BCUT2D eigenvalue weighted by Gasteiger charge is -2.09. The quantitative estimate of drug-likeness (QED) is 0.832. The predicted molar refractivity (Wildman–Crippen MR) is 62.0 cm³/mol. The number of benzene rings is 1. The molecule has 3 nitrogen and oxygen atoms in total. The minimum Gasteiger partial charge on any atom is -0.395 e. The molecule has 0 unspecified atom stereocenters. The van der Waals surface area contributed by atoms with Crippen LogP contribution in [0.25, 0.3) is 10.9 Å². The maximum atomic E-state index is 13.5. The highest BCUT2D eigenvalue weighted by molar-refractivity contribution is 5.91. The van der Waals surface area contributed by atoms with Gasteiger partial charge in [-0.2, -0.15) is 0 Å². The van der Waals surface area contributed by atoms with Gasteiger partial charge in [-0.1, -0.05) is 12.1 Å². The van der Waals surface area contributed by atoms with E-state index in [1.54, 1.807) is 6.07 Å². The maximum absolute atomic E-state index is 13.5. The molecule has 4 heteroatoms. The second-order valence-corrected chi connectivity index (χ2v) is 3.60. The zero-order chi connectivity index (χ0) is 11.5. The van der Waals surface area contributed by atoms with Gasteiger partial charge in [-0.25, -0.2) is 9.37 Å². The van der Waals surface area contributed by atoms with Gasteiger partial charge in [0.1, 0.15) is 11.3 Å². The molecule has 0 saturated carbocycles. The SMILES string of the molecule is Cc1cc(NCCO)c2cccc(F)c2n1. The molecule has 0 aliphatic carbocycles. The molecule has 1 heterocycles. The van der Waals surface area contributed by atoms with E-state index in [1.165, 1.54) is 6.07 Å². The Balaban J connectivity index is 2.59. The number of para-hydroxylation sites is 1. The molecule has 0 amide bonds. The summed E-state index contributed by atoms with van der Waals surface area (Å²) < 4.78 is 13.5. The van der Waals surface area contributed by atoms with Crippen LogP contribution in [0.4, 0.5) is 10.1 Å². The van der Waals surface area contributed by atoms with Crippen molar-refractivity contribution in [1.82, 2.24) is 4.98 Å². The van der Waals surface area contributed by atoms with Crippen LogP contribution in [0, 0.1) is 12.7 Å². The number of anilines is 1. The number of halogens is 1. The van der Waals surface area contributed by atoms with Crippen molar-refractivity contribution in [3.05, 3.63) is 35.8 Å². The Bertz CT molecular complexity index is 514. The zero-order valence-electron chi connectivity index (χ0n) is 9.00. The molecule has 16 heavy (non-hydrogen) atoms. The van der Waals surface area contributed by atoms with Gasteiger partial charge in [0.05, 0.1) is 6.61 Å². The molecule has 1 aromatic heterocycles. The van der Waals surface area contributed by atoms with Crippen LogP contribution in [-0.2, 0) is 0 Å². The number of aromatic nitrogens is 1. The molecule has 0 spiro atoms. The van der Waals surface area contributed by atoms with Gasteiger partial charge >= 0.3 is 0 Å². The molecule has 2 aromatic rings. The molecular weight excluding hydrogens is 207 g/mol. The molecule has 0 saturated heterocycles. The standard InChI is InChI=1S/C12H13FN2O/c1-8-7-11(14-5-6-16)9-3-2-4-10(13)12(9)15-8/h2-4,7,16H,5-6H2,1H3,(H,14,15). The fourth-order valence-electron chi connectivity index (χ4n) is 1.68. The van der Waals surface area contributed by atoms with E-state index in [4.69, 9.17) is 5.11 Å². The lowest BCUT2D eigenvalue weighted by Crippen LogP contribution is -2.06. The molecule has 0 aliphatic heterocycles. The average molecular weight is 220 g/mol. The minimum atomic E-state index is -0.326. The van der Waals surface area contributed by atoms with Crippen molar-refractivity contribution >= 4 is 16.6 Å². The first-order valence-corrected chi connectivity index (χ1v) is 5.13. The van der Waals surface area contributed by atoms with Gasteiger partial charge in [-0.15, -0.1) is 0 Å². The Morgan fingerprint density at radius 3 is 3.00 bits per heavy atom. The maximum Gasteiger partial charge on any atom is 0.149 e. The third-order valence-electron chi connectivity index (χ3n) is 2.35. The van der Waals surface area contributed by atoms with Crippen LogP contribution in [0.1, 0.15) is 5.69 Å². The summed E-state index contributed by atoms with van der Waals surface area (Å²) in [6, 6.07) is 6.70. The molecule has 1 aromatic carbocycles. The van der Waals surface area contributed by atoms with Crippen molar-refractivity contribution in [1.29, 1.82) is 0 Å².